The van der Waals surface area contributed by atoms with Crippen LogP contribution in [-0.4, -0.2) is 5.11 Å². The van der Waals surface area contributed by atoms with Gasteiger partial charge < -0.3 is 5.11 Å². The average molecular weight is 291 g/mol. The zero-order valence-electron chi connectivity index (χ0n) is 7.43. The van der Waals surface area contributed by atoms with Crippen molar-refractivity contribution in [3.63, 3.8) is 0 Å². The molecule has 15 heavy (non-hydrogen) atoms. The Bertz CT molecular complexity index is 474. The van der Waals surface area contributed by atoms with E-state index in [0.717, 1.165) is 5.39 Å². The first-order chi connectivity index (χ1) is 6.33. The molecule has 3 nitrogen and oxygen atoms in total. The molecule has 0 amide bonds. The van der Waals surface area contributed by atoms with E-state index >= 15 is 0 Å². The van der Waals surface area contributed by atoms with Crippen LogP contribution in [0.3, 0.4) is 0 Å². The fraction of sp³-hybridized carbons (Fsp3) is 0. The van der Waals surface area contributed by atoms with Crippen LogP contribution in [0.4, 0.5) is 5.69 Å². The molecule has 5 heteroatoms. The van der Waals surface area contributed by atoms with E-state index in [9.17, 15) is 10.0 Å². The van der Waals surface area contributed by atoms with Gasteiger partial charge in [0.2, 0.25) is 0 Å². The summed E-state index contributed by atoms with van der Waals surface area (Å²) in [5, 5.41) is 13.7. The molecule has 0 bridgehead atoms. The van der Waals surface area contributed by atoms with Crippen LogP contribution < -0.4 is 0 Å². The normalized spacial score (nSPS) is 8.80. The Kier molecular flexibility index (Phi) is 5.52. The molecule has 2 rings (SSSR count). The molecular weight excluding hydrogens is 284 g/mol. The second-order valence-electron chi connectivity index (χ2n) is 2.75. The van der Waals surface area contributed by atoms with Crippen molar-refractivity contribution in [1.29, 1.82) is 0 Å². The number of hydrogen-bond donors (Lipinski definition) is 1. The fourth-order valence-corrected chi connectivity index (χ4v) is 1.34. The summed E-state index contributed by atoms with van der Waals surface area (Å²) in [5.74, 6) is -0.0753. The Labute approximate surface area is 107 Å². The maximum atomic E-state index is 10.4. The van der Waals surface area contributed by atoms with Gasteiger partial charge in [-0.3, -0.25) is 0 Å². The molecular formula is C10H7Co2NO2. The fourth-order valence-electron chi connectivity index (χ4n) is 1.34. The summed E-state index contributed by atoms with van der Waals surface area (Å²) >= 11 is 0. The van der Waals surface area contributed by atoms with Gasteiger partial charge >= 0.3 is 0 Å². The van der Waals surface area contributed by atoms with E-state index in [1.54, 1.807) is 18.2 Å². The molecule has 0 saturated heterocycles. The Balaban J connectivity index is 0.000000980. The van der Waals surface area contributed by atoms with Crippen molar-refractivity contribution in [2.24, 2.45) is 5.18 Å². The molecule has 82 valence electrons. The van der Waals surface area contributed by atoms with Crippen LogP contribution in [0.5, 0.6) is 5.75 Å². The van der Waals surface area contributed by atoms with Crippen molar-refractivity contribution in [2.75, 3.05) is 0 Å². The van der Waals surface area contributed by atoms with E-state index in [1.807, 2.05) is 12.1 Å². The number of rotatable bonds is 1. The molecule has 0 atom stereocenters. The summed E-state index contributed by atoms with van der Waals surface area (Å²) < 4.78 is 0. The first-order valence-electron chi connectivity index (χ1n) is 3.87. The second kappa shape index (κ2) is 5.86. The van der Waals surface area contributed by atoms with Gasteiger partial charge in [0.25, 0.3) is 0 Å². The quantitative estimate of drug-likeness (QED) is 0.821. The predicted molar refractivity (Wildman–Crippen MR) is 51.1 cm³/mol. The largest absolute Gasteiger partial charge is 0.506 e. The van der Waals surface area contributed by atoms with Crippen molar-refractivity contribution in [1.82, 2.24) is 0 Å². The molecule has 0 heterocycles. The number of fused-ring (bicyclic) bond motifs is 1. The first-order valence-corrected chi connectivity index (χ1v) is 3.87. The molecule has 0 aliphatic heterocycles. The minimum atomic E-state index is -0.0753. The summed E-state index contributed by atoms with van der Waals surface area (Å²) in [6, 6.07) is 10.5. The zero-order valence-corrected chi connectivity index (χ0v) is 9.52. The number of hydrogen-bond acceptors (Lipinski definition) is 3. The molecule has 0 aromatic heterocycles. The standard InChI is InChI=1S/C10H7NO2.2Co/c12-9-6-5-7-3-1-2-4-8(7)10(9)11-13;;/h1-6,12H;;. The van der Waals surface area contributed by atoms with Gasteiger partial charge in [0.1, 0.15) is 5.75 Å². The number of nitroso groups, excluding NO2 is 1. The second-order valence-corrected chi connectivity index (χ2v) is 2.75. The molecule has 2 aromatic rings. The summed E-state index contributed by atoms with van der Waals surface area (Å²) in [7, 11) is 0. The smallest absolute Gasteiger partial charge is 0.157 e. The van der Waals surface area contributed by atoms with Crippen LogP contribution in [0, 0.1) is 4.91 Å². The van der Waals surface area contributed by atoms with Crippen molar-refractivity contribution >= 4 is 16.5 Å². The van der Waals surface area contributed by atoms with Crippen LogP contribution >= 0.6 is 0 Å². The van der Waals surface area contributed by atoms with Gasteiger partial charge in [-0.2, -0.15) is 0 Å². The van der Waals surface area contributed by atoms with Crippen LogP contribution in [0.25, 0.3) is 10.8 Å². The molecule has 2 radical (unpaired) electrons. The molecule has 0 saturated carbocycles. The summed E-state index contributed by atoms with van der Waals surface area (Å²) in [6.45, 7) is 0. The third-order valence-corrected chi connectivity index (χ3v) is 1.97. The van der Waals surface area contributed by atoms with Gasteiger partial charge in [0, 0.05) is 38.9 Å². The summed E-state index contributed by atoms with van der Waals surface area (Å²) in [4.78, 5) is 10.4. The van der Waals surface area contributed by atoms with Crippen LogP contribution in [0.15, 0.2) is 41.6 Å². The Morgan fingerprint density at radius 1 is 1.00 bits per heavy atom. The van der Waals surface area contributed by atoms with Gasteiger partial charge in [-0.1, -0.05) is 30.3 Å². The van der Waals surface area contributed by atoms with Crippen molar-refractivity contribution in [3.8, 4) is 5.75 Å². The number of nitrogens with zero attached hydrogens (tertiary/aromatic N) is 1. The maximum absolute atomic E-state index is 10.4. The molecule has 0 spiro atoms. The SMILES string of the molecule is O=Nc1c(O)ccc2ccccc12.[Co].[Co]. The average Bonchev–Trinajstić information content (AvgIpc) is 2.18. The zero-order chi connectivity index (χ0) is 9.26. The van der Waals surface area contributed by atoms with Crippen molar-refractivity contribution < 1.29 is 38.7 Å². The van der Waals surface area contributed by atoms with E-state index < -0.39 is 0 Å². The van der Waals surface area contributed by atoms with Crippen molar-refractivity contribution in [2.45, 2.75) is 0 Å². The number of aromatic hydroxyl groups is 1. The van der Waals surface area contributed by atoms with E-state index in [2.05, 4.69) is 5.18 Å². The van der Waals surface area contributed by atoms with E-state index in [4.69, 9.17) is 0 Å². The Morgan fingerprint density at radius 2 is 1.67 bits per heavy atom. The van der Waals surface area contributed by atoms with Crippen LogP contribution in [0.1, 0.15) is 0 Å². The third kappa shape index (κ3) is 2.57. The van der Waals surface area contributed by atoms with Crippen molar-refractivity contribution in [3.05, 3.63) is 41.3 Å². The number of benzene rings is 2. The van der Waals surface area contributed by atoms with E-state index in [0.29, 0.717) is 5.39 Å². The third-order valence-electron chi connectivity index (χ3n) is 1.97. The molecule has 1 N–H and O–H groups in total. The predicted octanol–water partition coefficient (Wildman–Crippen LogP) is 2.94. The van der Waals surface area contributed by atoms with Gasteiger partial charge in [-0.15, -0.1) is 4.91 Å². The Hall–Kier alpha value is -0.887. The topological polar surface area (TPSA) is 49.7 Å². The molecule has 2 aromatic carbocycles. The van der Waals surface area contributed by atoms with E-state index in [-0.39, 0.29) is 45.0 Å². The first kappa shape index (κ1) is 14.1. The summed E-state index contributed by atoms with van der Waals surface area (Å²) in [6.07, 6.45) is 0. The van der Waals surface area contributed by atoms with Gasteiger partial charge in [0.05, 0.1) is 0 Å². The maximum Gasteiger partial charge on any atom is 0.157 e. The minimum Gasteiger partial charge on any atom is -0.506 e. The number of phenols is 1. The summed E-state index contributed by atoms with van der Waals surface area (Å²) in [5.41, 5.74) is 0.109. The van der Waals surface area contributed by atoms with Crippen LogP contribution in [-0.2, 0) is 33.6 Å². The van der Waals surface area contributed by atoms with Gasteiger partial charge in [-0.25, -0.2) is 0 Å². The molecule has 0 aliphatic rings. The van der Waals surface area contributed by atoms with Crippen LogP contribution in [0.2, 0.25) is 0 Å². The van der Waals surface area contributed by atoms with Gasteiger partial charge in [0.15, 0.2) is 5.69 Å². The monoisotopic (exact) mass is 291 g/mol. The minimum absolute atomic E-state index is 0. The Morgan fingerprint density at radius 3 is 2.33 bits per heavy atom. The number of phenolic OH excluding ortho intramolecular Hbond substituents is 1. The molecule has 0 aliphatic carbocycles. The molecule has 0 unspecified atom stereocenters. The molecule has 0 fully saturated rings. The van der Waals surface area contributed by atoms with Gasteiger partial charge in [-0.05, 0) is 16.6 Å². The van der Waals surface area contributed by atoms with E-state index in [1.165, 1.54) is 6.07 Å².